The Morgan fingerprint density at radius 2 is 1.54 bits per heavy atom. The number of ether oxygens (including phenoxy) is 1. The molecular weight excluding hydrogens is 754 g/mol. The van der Waals surface area contributed by atoms with Crippen molar-refractivity contribution in [3.63, 3.8) is 0 Å². The van der Waals surface area contributed by atoms with Crippen LogP contribution in [0.25, 0.3) is 21.9 Å². The van der Waals surface area contributed by atoms with Gasteiger partial charge in [-0.1, -0.05) is 78.3 Å². The van der Waals surface area contributed by atoms with E-state index in [1.165, 1.54) is 17.2 Å². The highest BCUT2D eigenvalue weighted by Gasteiger charge is 2.25. The second-order valence-corrected chi connectivity index (χ2v) is 16.8. The maximum absolute atomic E-state index is 13.9. The number of nitrogens with one attached hydrogen (secondary N) is 2. The van der Waals surface area contributed by atoms with E-state index in [0.29, 0.717) is 10.8 Å². The average Bonchev–Trinajstić information content (AvgIpc) is 3.20. The number of fused-ring (bicyclic) bond motifs is 1. The average molecular weight is 802 g/mol. The largest absolute Gasteiger partial charge is 0.456 e. The Bertz CT molecular complexity index is 2470. The predicted octanol–water partition coefficient (Wildman–Crippen LogP) is 9.07. The van der Waals surface area contributed by atoms with Crippen LogP contribution in [0.2, 0.25) is 5.02 Å². The van der Waals surface area contributed by atoms with Gasteiger partial charge in [0.1, 0.15) is 11.5 Å². The van der Waals surface area contributed by atoms with Crippen molar-refractivity contribution in [2.45, 2.75) is 24.8 Å². The molecule has 11 heteroatoms. The summed E-state index contributed by atoms with van der Waals surface area (Å²) in [7, 11) is -0.142. The summed E-state index contributed by atoms with van der Waals surface area (Å²) in [6.07, 6.45) is 0.946. The van der Waals surface area contributed by atoms with Crippen molar-refractivity contribution >= 4 is 49.7 Å². The fraction of sp³-hybridized carbons (Fsp3) is 0.239. The third kappa shape index (κ3) is 9.95. The van der Waals surface area contributed by atoms with E-state index in [-0.39, 0.29) is 16.2 Å². The lowest BCUT2D eigenvalue weighted by atomic mass is 9.99. The first-order valence-electron chi connectivity index (χ1n) is 19.2. The van der Waals surface area contributed by atoms with Crippen molar-refractivity contribution in [2.75, 3.05) is 63.6 Å². The van der Waals surface area contributed by atoms with E-state index in [1.807, 2.05) is 87.7 Å². The number of amides is 1. The van der Waals surface area contributed by atoms with Gasteiger partial charge in [0.25, 0.3) is 15.9 Å². The van der Waals surface area contributed by atoms with Crippen LogP contribution in [0, 0.1) is 6.92 Å². The van der Waals surface area contributed by atoms with Crippen LogP contribution in [0.3, 0.4) is 0 Å². The van der Waals surface area contributed by atoms with Gasteiger partial charge in [0, 0.05) is 61.7 Å². The highest BCUT2D eigenvalue weighted by atomic mass is 35.5. The third-order valence-electron chi connectivity index (χ3n) is 10.3. The lowest BCUT2D eigenvalue weighted by Gasteiger charge is -2.36. The fourth-order valence-electron chi connectivity index (χ4n) is 7.17. The topological polar surface area (TPSA) is 94.2 Å². The number of sulfonamides is 1. The smallest absolute Gasteiger partial charge is 0.268 e. The summed E-state index contributed by atoms with van der Waals surface area (Å²) in [4.78, 5) is 20.7. The van der Waals surface area contributed by atoms with Crippen LogP contribution in [-0.4, -0.2) is 77.5 Å². The molecule has 6 aromatic carbocycles. The van der Waals surface area contributed by atoms with Crippen LogP contribution in [-0.2, 0) is 16.6 Å². The number of anilines is 2. The Balaban J connectivity index is 1.09. The zero-order chi connectivity index (χ0) is 39.9. The molecule has 1 aliphatic rings. The van der Waals surface area contributed by atoms with E-state index < -0.39 is 15.9 Å². The van der Waals surface area contributed by atoms with Gasteiger partial charge in [-0.25, -0.2) is 13.1 Å². The molecule has 294 valence electrons. The molecule has 1 aliphatic heterocycles. The molecule has 0 aromatic heterocycles. The maximum atomic E-state index is 13.9. The van der Waals surface area contributed by atoms with Gasteiger partial charge in [-0.3, -0.25) is 9.69 Å². The number of nitrogens with zero attached hydrogens (tertiary/aromatic N) is 3. The molecule has 2 N–H and O–H groups in total. The maximum Gasteiger partial charge on any atom is 0.268 e. The minimum Gasteiger partial charge on any atom is -0.456 e. The zero-order valence-electron chi connectivity index (χ0n) is 32.5. The highest BCUT2D eigenvalue weighted by molar-refractivity contribution is 7.90. The second kappa shape index (κ2) is 17.8. The molecule has 0 unspecified atom stereocenters. The number of halogens is 1. The normalized spacial score (nSPS) is 13.5. The van der Waals surface area contributed by atoms with E-state index in [4.69, 9.17) is 16.3 Å². The van der Waals surface area contributed by atoms with Crippen molar-refractivity contribution in [2.24, 2.45) is 0 Å². The number of rotatable bonds is 14. The van der Waals surface area contributed by atoms with E-state index in [1.54, 1.807) is 18.2 Å². The molecule has 0 bridgehead atoms. The van der Waals surface area contributed by atoms with Crippen molar-refractivity contribution in [3.05, 3.63) is 149 Å². The first-order valence-corrected chi connectivity index (χ1v) is 21.1. The van der Waals surface area contributed by atoms with Gasteiger partial charge in [0.15, 0.2) is 0 Å². The highest BCUT2D eigenvalue weighted by Crippen LogP contribution is 2.33. The lowest BCUT2D eigenvalue weighted by molar-refractivity contribution is 0.0979. The standard InChI is InChI=1S/C46H48ClN5O4S/c1-33-29-41(20-22-44(33)48-23-8-24-50(2)3)57(54,55)49-46(53)43-21-18-39(31-45(43)56-40-19-15-34-9-4-5-10-36(34)30-40)52-27-25-51(26-28-52)32-37-11-6-7-12-42(37)35-13-16-38(47)17-14-35/h4-7,9-22,29-31,48H,8,23-28,32H2,1-3H3,(H,49,53). The second-order valence-electron chi connectivity index (χ2n) is 14.7. The number of hydrogen-bond donors (Lipinski definition) is 2. The number of aryl methyl sites for hydroxylation is 1. The summed E-state index contributed by atoms with van der Waals surface area (Å²) in [5.41, 5.74) is 6.20. The zero-order valence-corrected chi connectivity index (χ0v) is 34.1. The Hall–Kier alpha value is -5.39. The Labute approximate surface area is 340 Å². The molecule has 7 rings (SSSR count). The monoisotopic (exact) mass is 801 g/mol. The van der Waals surface area contributed by atoms with Crippen LogP contribution < -0.4 is 19.7 Å². The van der Waals surface area contributed by atoms with Gasteiger partial charge in [-0.05, 0) is 122 Å². The quantitative estimate of drug-likeness (QED) is 0.106. The van der Waals surface area contributed by atoms with Gasteiger partial charge in [0.2, 0.25) is 0 Å². The Kier molecular flexibility index (Phi) is 12.5. The molecule has 1 saturated heterocycles. The van der Waals surface area contributed by atoms with Crippen molar-refractivity contribution in [1.29, 1.82) is 0 Å². The van der Waals surface area contributed by atoms with Crippen molar-refractivity contribution in [3.8, 4) is 22.6 Å². The summed E-state index contributed by atoms with van der Waals surface area (Å²) in [5.74, 6) is 0.0320. The Morgan fingerprint density at radius 3 is 2.30 bits per heavy atom. The summed E-state index contributed by atoms with van der Waals surface area (Å²) in [6, 6.07) is 40.3. The number of piperazine rings is 1. The first-order chi connectivity index (χ1) is 27.5. The number of carbonyl (C=O) groups excluding carboxylic acids is 1. The van der Waals surface area contributed by atoms with E-state index >= 15 is 0 Å². The fourth-order valence-corrected chi connectivity index (χ4v) is 8.34. The first kappa shape index (κ1) is 39.8. The van der Waals surface area contributed by atoms with E-state index in [9.17, 15) is 13.2 Å². The van der Waals surface area contributed by atoms with Crippen molar-refractivity contribution < 1.29 is 17.9 Å². The minimum atomic E-state index is -4.20. The minimum absolute atomic E-state index is 0.00877. The molecular formula is C46H48ClN5O4S. The van der Waals surface area contributed by atoms with Gasteiger partial charge in [-0.15, -0.1) is 0 Å². The third-order valence-corrected chi connectivity index (χ3v) is 11.9. The van der Waals surface area contributed by atoms with Crippen LogP contribution >= 0.6 is 11.6 Å². The molecule has 1 amide bonds. The van der Waals surface area contributed by atoms with Crippen LogP contribution in [0.5, 0.6) is 11.5 Å². The predicted molar refractivity (Wildman–Crippen MR) is 232 cm³/mol. The summed E-state index contributed by atoms with van der Waals surface area (Å²) in [6.45, 7) is 7.55. The molecule has 57 heavy (non-hydrogen) atoms. The van der Waals surface area contributed by atoms with Gasteiger partial charge in [-0.2, -0.15) is 0 Å². The molecule has 1 heterocycles. The number of hydrogen-bond acceptors (Lipinski definition) is 8. The molecule has 0 saturated carbocycles. The Morgan fingerprint density at radius 1 is 0.807 bits per heavy atom. The molecule has 0 atom stereocenters. The molecule has 9 nitrogen and oxygen atoms in total. The van der Waals surface area contributed by atoms with Gasteiger partial charge >= 0.3 is 0 Å². The molecule has 6 aromatic rings. The summed E-state index contributed by atoms with van der Waals surface area (Å²) >= 11 is 6.17. The van der Waals surface area contributed by atoms with E-state index in [0.717, 1.165) is 85.5 Å². The van der Waals surface area contributed by atoms with E-state index in [2.05, 4.69) is 61.1 Å². The number of benzene rings is 6. The summed E-state index contributed by atoms with van der Waals surface area (Å²) in [5, 5.41) is 6.13. The van der Waals surface area contributed by atoms with Crippen molar-refractivity contribution in [1.82, 2.24) is 14.5 Å². The van der Waals surface area contributed by atoms with Crippen LogP contribution in [0.4, 0.5) is 11.4 Å². The lowest BCUT2D eigenvalue weighted by Crippen LogP contribution is -2.46. The molecule has 0 radical (unpaired) electrons. The molecule has 0 spiro atoms. The molecule has 1 fully saturated rings. The van der Waals surface area contributed by atoms with Crippen LogP contribution in [0.15, 0.2) is 132 Å². The van der Waals surface area contributed by atoms with Crippen LogP contribution in [0.1, 0.15) is 27.9 Å². The van der Waals surface area contributed by atoms with Gasteiger partial charge in [0.05, 0.1) is 10.5 Å². The molecule has 0 aliphatic carbocycles. The summed E-state index contributed by atoms with van der Waals surface area (Å²) < 4.78 is 36.0. The van der Waals surface area contributed by atoms with Gasteiger partial charge < -0.3 is 19.9 Å². The SMILES string of the molecule is Cc1cc(S(=O)(=O)NC(=O)c2ccc(N3CCN(Cc4ccccc4-c4ccc(Cl)cc4)CC3)cc2Oc2ccc3ccccc3c2)ccc1NCCCN(C)C. The number of carbonyl (C=O) groups is 1.